The summed E-state index contributed by atoms with van der Waals surface area (Å²) in [6, 6.07) is 25.8. The number of ketones is 2. The molecule has 0 saturated carbocycles. The van der Waals surface area contributed by atoms with Gasteiger partial charge in [-0.25, -0.2) is 0 Å². The number of allylic oxidation sites excluding steroid dienone is 12. The van der Waals surface area contributed by atoms with Gasteiger partial charge in [0.15, 0.2) is 11.6 Å². The number of likely N-dealkylation sites (N-methyl/N-ethyl adjacent to an activating group) is 2. The summed E-state index contributed by atoms with van der Waals surface area (Å²) in [6.45, 7) is 15.1. The number of benzene rings is 4. The van der Waals surface area contributed by atoms with Crippen LogP contribution < -0.4 is 20.0 Å². The summed E-state index contributed by atoms with van der Waals surface area (Å²) in [6.07, 6.45) is 29.4. The van der Waals surface area contributed by atoms with Crippen LogP contribution in [0.15, 0.2) is 178 Å². The van der Waals surface area contributed by atoms with Crippen LogP contribution in [0.4, 0.5) is 11.4 Å². The molecule has 0 fully saturated rings. The van der Waals surface area contributed by atoms with Gasteiger partial charge in [0.25, 0.3) is 0 Å². The normalized spacial score (nSPS) is 22.9. The van der Waals surface area contributed by atoms with Crippen LogP contribution in [-0.2, 0) is 20.4 Å². The van der Waals surface area contributed by atoms with Crippen LogP contribution in [-0.4, -0.2) is 48.6 Å². The number of fused-ring (bicyclic) bond motifs is 6. The van der Waals surface area contributed by atoms with Gasteiger partial charge in [-0.2, -0.15) is 0 Å². The second-order valence-corrected chi connectivity index (χ2v) is 22.5. The number of hydrogen-bond acceptors (Lipinski definition) is 8. The summed E-state index contributed by atoms with van der Waals surface area (Å²) < 4.78 is 0. The van der Waals surface area contributed by atoms with Crippen molar-refractivity contribution in [3.05, 3.63) is 189 Å². The van der Waals surface area contributed by atoms with Crippen molar-refractivity contribution in [3.63, 3.8) is 0 Å². The molecule has 4 heterocycles. The largest absolute Gasteiger partial charge is 0.874 e. The van der Waals surface area contributed by atoms with E-state index in [9.17, 15) is 19.8 Å². The second-order valence-electron chi connectivity index (χ2n) is 22.5. The van der Waals surface area contributed by atoms with E-state index in [1.54, 1.807) is 12.2 Å². The van der Waals surface area contributed by atoms with E-state index in [1.807, 2.05) is 60.4 Å². The highest BCUT2D eigenvalue weighted by atomic mass is 16.3. The van der Waals surface area contributed by atoms with Crippen LogP contribution in [0, 0.1) is 11.8 Å². The van der Waals surface area contributed by atoms with Gasteiger partial charge in [-0.3, -0.25) is 9.59 Å². The van der Waals surface area contributed by atoms with Gasteiger partial charge in [0.2, 0.25) is 0 Å². The molecule has 10 rings (SSSR count). The molecular formula is C66H74N4O4-2. The van der Waals surface area contributed by atoms with Gasteiger partial charge in [0.05, 0.1) is 23.2 Å². The number of carbonyl (C=O) groups is 2. The first-order valence-corrected chi connectivity index (χ1v) is 27.6. The van der Waals surface area contributed by atoms with Crippen molar-refractivity contribution in [1.29, 1.82) is 0 Å². The molecule has 2 aliphatic carbocycles. The SMILES string of the molecule is CCCCCCCCN1/C(=C\C2C(=O)C(/C=C3\C=CC4=C(C=C/C(=C\C5=C([O-])C(/C=C6\N(CCCCCCCC)c7ccc8ccccc8c7C6(C)C)C5=O)N4C)N3C)=C2[O-])C(C)(C)c2c1ccc1ccccc21. The molecule has 2 unspecified atom stereocenters. The maximum atomic E-state index is 14.1. The molecule has 0 saturated heterocycles. The van der Waals surface area contributed by atoms with Gasteiger partial charge >= 0.3 is 0 Å². The molecule has 384 valence electrons. The third-order valence-corrected chi connectivity index (χ3v) is 17.0. The van der Waals surface area contributed by atoms with Crippen molar-refractivity contribution in [2.24, 2.45) is 11.8 Å². The zero-order valence-corrected chi connectivity index (χ0v) is 45.0. The maximum Gasteiger partial charge on any atom is 0.172 e. The van der Waals surface area contributed by atoms with Crippen molar-refractivity contribution in [2.45, 2.75) is 129 Å². The predicted molar refractivity (Wildman–Crippen MR) is 300 cm³/mol. The third-order valence-electron chi connectivity index (χ3n) is 17.0. The number of hydrogen-bond donors (Lipinski definition) is 0. The van der Waals surface area contributed by atoms with Crippen LogP contribution in [0.2, 0.25) is 0 Å². The van der Waals surface area contributed by atoms with E-state index < -0.39 is 22.7 Å². The first kappa shape index (κ1) is 50.7. The lowest BCUT2D eigenvalue weighted by molar-refractivity contribution is -0.316. The Morgan fingerprint density at radius 2 is 0.878 bits per heavy atom. The van der Waals surface area contributed by atoms with Crippen LogP contribution in [0.5, 0.6) is 0 Å². The zero-order valence-electron chi connectivity index (χ0n) is 45.0. The molecule has 6 aliphatic rings. The van der Waals surface area contributed by atoms with Crippen molar-refractivity contribution in [1.82, 2.24) is 9.80 Å². The van der Waals surface area contributed by atoms with Crippen LogP contribution in [0.25, 0.3) is 21.5 Å². The summed E-state index contributed by atoms with van der Waals surface area (Å²) in [5, 5.41) is 33.0. The van der Waals surface area contributed by atoms with Gasteiger partial charge in [0, 0.05) is 83.3 Å². The lowest BCUT2D eigenvalue weighted by atomic mass is 9.76. The Bertz CT molecular complexity index is 3010. The average Bonchev–Trinajstić information content (AvgIpc) is 3.76. The molecule has 0 radical (unpaired) electrons. The van der Waals surface area contributed by atoms with Gasteiger partial charge < -0.3 is 29.8 Å². The van der Waals surface area contributed by atoms with Crippen LogP contribution >= 0.6 is 0 Å². The smallest absolute Gasteiger partial charge is 0.172 e. The molecule has 0 amide bonds. The Labute approximate surface area is 439 Å². The minimum absolute atomic E-state index is 0.157. The topological polar surface area (TPSA) is 93.2 Å². The van der Waals surface area contributed by atoms with Gasteiger partial charge in [-0.15, -0.1) is 11.5 Å². The van der Waals surface area contributed by atoms with Crippen LogP contribution in [0.3, 0.4) is 0 Å². The van der Waals surface area contributed by atoms with E-state index in [0.29, 0.717) is 0 Å². The van der Waals surface area contributed by atoms with E-state index in [1.165, 1.54) is 95.4 Å². The standard InChI is InChI=1S/C66H76N4O4/c1-9-11-13-15-17-23-37-69-55-33-29-43-25-19-21-27-47(43)59(55)65(3,4)57(69)41-51-61(71)49(62(51)72)39-45-31-35-54-53(67(45)7)36-32-46(68(54)8)40-50-63(73)52(64(50)74)42-58-66(5,6)60-48-28-22-20-26-44(48)30-34-56(60)70(58)38-24-18-16-14-12-10-2/h19-22,25-36,39-42,51-52,71,73H,9-18,23-24,37-38H2,1-8H3/p-2/b45-39+,46-40+,57-41-,58-42-. The quantitative estimate of drug-likeness (QED) is 0.0910. The molecule has 0 spiro atoms. The third kappa shape index (κ3) is 8.75. The molecule has 0 bridgehead atoms. The number of anilines is 2. The highest BCUT2D eigenvalue weighted by molar-refractivity contribution is 6.10. The summed E-state index contributed by atoms with van der Waals surface area (Å²) in [4.78, 5) is 36.9. The summed E-state index contributed by atoms with van der Waals surface area (Å²) in [5.74, 6) is -2.30. The fourth-order valence-electron chi connectivity index (χ4n) is 12.7. The summed E-state index contributed by atoms with van der Waals surface area (Å²) in [5.41, 5.74) is 9.71. The van der Waals surface area contributed by atoms with E-state index in [2.05, 4.69) is 124 Å². The van der Waals surface area contributed by atoms with Crippen LogP contribution in [0.1, 0.15) is 130 Å². The molecule has 0 N–H and O–H groups in total. The zero-order chi connectivity index (χ0) is 52.1. The molecule has 4 aliphatic heterocycles. The van der Waals surface area contributed by atoms with E-state index in [-0.39, 0.29) is 34.2 Å². The highest BCUT2D eigenvalue weighted by Gasteiger charge is 2.45. The number of Topliss-reactive ketones (excluding diaryl/α,β-unsaturated/α-hetero) is 2. The van der Waals surface area contributed by atoms with Crippen molar-refractivity contribution < 1.29 is 19.8 Å². The molecule has 2 atom stereocenters. The average molecular weight is 987 g/mol. The molecule has 8 nitrogen and oxygen atoms in total. The van der Waals surface area contributed by atoms with Crippen molar-refractivity contribution in [3.8, 4) is 0 Å². The second kappa shape index (κ2) is 20.5. The minimum atomic E-state index is -0.833. The Kier molecular flexibility index (Phi) is 14.0. The molecule has 74 heavy (non-hydrogen) atoms. The fraction of sp³-hybridized carbons (Fsp3) is 0.394. The Balaban J connectivity index is 0.865. The minimum Gasteiger partial charge on any atom is -0.874 e. The fourth-order valence-corrected chi connectivity index (χ4v) is 12.7. The Morgan fingerprint density at radius 1 is 0.500 bits per heavy atom. The van der Waals surface area contributed by atoms with E-state index in [4.69, 9.17) is 0 Å². The highest BCUT2D eigenvalue weighted by Crippen LogP contribution is 2.54. The number of carbonyl (C=O) groups excluding carboxylic acids is 2. The van der Waals surface area contributed by atoms with Crippen molar-refractivity contribution >= 4 is 44.5 Å². The first-order valence-electron chi connectivity index (χ1n) is 27.6. The van der Waals surface area contributed by atoms with E-state index in [0.717, 1.165) is 73.0 Å². The number of rotatable bonds is 18. The lowest BCUT2D eigenvalue weighted by Gasteiger charge is -2.39. The van der Waals surface area contributed by atoms with E-state index >= 15 is 0 Å². The van der Waals surface area contributed by atoms with Gasteiger partial charge in [-0.05, 0) is 106 Å². The summed E-state index contributed by atoms with van der Waals surface area (Å²) in [7, 11) is 3.86. The molecule has 4 aromatic carbocycles. The predicted octanol–water partition coefficient (Wildman–Crippen LogP) is 13.0. The lowest BCUT2D eigenvalue weighted by Crippen LogP contribution is -2.39. The number of nitrogens with zero attached hydrogens (tertiary/aromatic N) is 4. The maximum absolute atomic E-state index is 14.1. The Morgan fingerprint density at radius 3 is 1.27 bits per heavy atom. The molecule has 4 aromatic rings. The summed E-state index contributed by atoms with van der Waals surface area (Å²) >= 11 is 0. The molecular weight excluding hydrogens is 913 g/mol. The number of unbranched alkanes of at least 4 members (excludes halogenated alkanes) is 10. The molecule has 0 aromatic heterocycles. The monoisotopic (exact) mass is 987 g/mol. The van der Waals surface area contributed by atoms with Crippen molar-refractivity contribution in [2.75, 3.05) is 37.0 Å². The molecule has 8 heteroatoms. The van der Waals surface area contributed by atoms with Gasteiger partial charge in [-0.1, -0.05) is 166 Å². The Hall–Kier alpha value is -6.80. The van der Waals surface area contributed by atoms with Gasteiger partial charge in [0.1, 0.15) is 0 Å². The first-order chi connectivity index (χ1) is 35.7.